The number of para-hydroxylation sites is 2. The van der Waals surface area contributed by atoms with Crippen LogP contribution in [0.15, 0.2) is 169 Å². The molecule has 0 bridgehead atoms. The minimum atomic E-state index is 1.03. The summed E-state index contributed by atoms with van der Waals surface area (Å²) < 4.78 is 2.40. The number of aromatic nitrogens is 1. The molecule has 0 amide bonds. The van der Waals surface area contributed by atoms with Crippen LogP contribution in [-0.2, 0) is 6.42 Å². The highest BCUT2D eigenvalue weighted by Gasteiger charge is 2.20. The van der Waals surface area contributed by atoms with Crippen molar-refractivity contribution < 1.29 is 0 Å². The molecule has 0 fully saturated rings. The van der Waals surface area contributed by atoms with E-state index in [1.807, 2.05) is 0 Å². The summed E-state index contributed by atoms with van der Waals surface area (Å²) in [4.78, 5) is 0. The Bertz CT molecular complexity index is 2730. The Kier molecular flexibility index (Phi) is 7.22. The number of aryl methyl sites for hydroxylation is 1. The van der Waals surface area contributed by atoms with Crippen LogP contribution in [0.1, 0.15) is 47.6 Å². The minimum Gasteiger partial charge on any atom is -0.309 e. The Morgan fingerprint density at radius 2 is 1.06 bits per heavy atom. The van der Waals surface area contributed by atoms with Gasteiger partial charge in [0, 0.05) is 16.5 Å². The van der Waals surface area contributed by atoms with Gasteiger partial charge < -0.3 is 4.57 Å². The molecule has 0 spiro atoms. The molecule has 8 aromatic rings. The first-order valence-corrected chi connectivity index (χ1v) is 18.5. The molecule has 0 saturated heterocycles. The zero-order valence-electron chi connectivity index (χ0n) is 29.7. The second kappa shape index (κ2) is 12.2. The normalized spacial score (nSPS) is 13.8. The molecule has 1 heterocycles. The summed E-state index contributed by atoms with van der Waals surface area (Å²) in [5.74, 6) is 0. The van der Waals surface area contributed by atoms with Gasteiger partial charge >= 0.3 is 0 Å². The third kappa shape index (κ3) is 5.08. The maximum Gasteiger partial charge on any atom is 0.0541 e. The second-order valence-electron chi connectivity index (χ2n) is 14.6. The van der Waals surface area contributed by atoms with E-state index in [4.69, 9.17) is 0 Å². The molecular formula is C51H39N. The fourth-order valence-electron chi connectivity index (χ4n) is 8.68. The topological polar surface area (TPSA) is 4.93 Å². The lowest BCUT2D eigenvalue weighted by Gasteiger charge is -2.21. The van der Waals surface area contributed by atoms with Gasteiger partial charge in [0.25, 0.3) is 0 Å². The average Bonchev–Trinajstić information content (AvgIpc) is 3.74. The van der Waals surface area contributed by atoms with Crippen molar-refractivity contribution in [3.05, 3.63) is 197 Å². The predicted octanol–water partition coefficient (Wildman–Crippen LogP) is 13.6. The molecule has 7 aromatic carbocycles. The second-order valence-corrected chi connectivity index (χ2v) is 14.6. The van der Waals surface area contributed by atoms with Crippen LogP contribution in [0.3, 0.4) is 0 Å². The molecule has 248 valence electrons. The van der Waals surface area contributed by atoms with Crippen molar-refractivity contribution in [2.75, 3.05) is 0 Å². The van der Waals surface area contributed by atoms with E-state index in [2.05, 4.69) is 182 Å². The van der Waals surface area contributed by atoms with E-state index < -0.39 is 0 Å². The molecule has 52 heavy (non-hydrogen) atoms. The predicted molar refractivity (Wildman–Crippen MR) is 221 cm³/mol. The third-order valence-corrected chi connectivity index (χ3v) is 11.5. The fraction of sp³-hybridized carbons (Fsp3) is 0.0980. The minimum absolute atomic E-state index is 1.03. The Morgan fingerprint density at radius 3 is 1.87 bits per heavy atom. The van der Waals surface area contributed by atoms with Crippen molar-refractivity contribution in [2.45, 2.75) is 33.1 Å². The van der Waals surface area contributed by atoms with E-state index in [1.165, 1.54) is 105 Å². The molecule has 0 unspecified atom stereocenters. The highest BCUT2D eigenvalue weighted by Crippen LogP contribution is 2.42. The van der Waals surface area contributed by atoms with E-state index in [1.54, 1.807) is 0 Å². The Morgan fingerprint density at radius 1 is 0.442 bits per heavy atom. The van der Waals surface area contributed by atoms with Crippen LogP contribution < -0.4 is 0 Å². The zero-order chi connectivity index (χ0) is 34.8. The molecule has 0 radical (unpaired) electrons. The third-order valence-electron chi connectivity index (χ3n) is 11.5. The molecule has 0 N–H and O–H groups in total. The van der Waals surface area contributed by atoms with Gasteiger partial charge in [0.15, 0.2) is 0 Å². The van der Waals surface area contributed by atoms with Crippen LogP contribution in [0.2, 0.25) is 0 Å². The highest BCUT2D eigenvalue weighted by atomic mass is 15.0. The molecule has 2 aliphatic carbocycles. The van der Waals surface area contributed by atoms with Crippen LogP contribution in [0.25, 0.3) is 72.0 Å². The smallest absolute Gasteiger partial charge is 0.0541 e. The van der Waals surface area contributed by atoms with Crippen molar-refractivity contribution in [1.29, 1.82) is 0 Å². The van der Waals surface area contributed by atoms with Crippen LogP contribution in [-0.4, -0.2) is 4.57 Å². The number of rotatable bonds is 5. The van der Waals surface area contributed by atoms with Crippen LogP contribution >= 0.6 is 0 Å². The van der Waals surface area contributed by atoms with Gasteiger partial charge in [0.2, 0.25) is 0 Å². The molecule has 2 aliphatic rings. The van der Waals surface area contributed by atoms with E-state index in [9.17, 15) is 0 Å². The SMILES string of the molecule is CC1=C(c2cc(-c3ccc4c(c3)-c3ccccc3C4)ccc2C)C=C(c2cccc(-c3cccc(-n4c5ccccc5c5ccccc54)c3)c2)CC1. The van der Waals surface area contributed by atoms with Gasteiger partial charge in [-0.2, -0.15) is 0 Å². The molecule has 10 rings (SSSR count). The van der Waals surface area contributed by atoms with Gasteiger partial charge in [0.05, 0.1) is 11.0 Å². The summed E-state index contributed by atoms with van der Waals surface area (Å²) >= 11 is 0. The number of allylic oxidation sites excluding steroid dienone is 4. The van der Waals surface area contributed by atoms with Gasteiger partial charge in [-0.1, -0.05) is 127 Å². The van der Waals surface area contributed by atoms with Crippen molar-refractivity contribution in [1.82, 2.24) is 4.57 Å². The largest absolute Gasteiger partial charge is 0.309 e. The first kappa shape index (κ1) is 30.6. The molecular weight excluding hydrogens is 627 g/mol. The van der Waals surface area contributed by atoms with Crippen molar-refractivity contribution in [2.24, 2.45) is 0 Å². The standard InChI is InChI=1S/C51H39N/c1-33-21-23-38(30-47(33)48-31-39(24-22-34(48)2)40-25-26-42-28-41-11-3-4-16-44(41)49(42)32-40)36-13-9-12-35(27-36)37-14-10-15-43(29-37)52-50-19-7-5-17-45(50)46-18-6-8-20-51(46)52/h3-20,22,24-27,29-32H,21,23,28H2,1-2H3. The maximum atomic E-state index is 2.47. The van der Waals surface area contributed by atoms with Gasteiger partial charge in [0.1, 0.15) is 0 Å². The molecule has 0 aliphatic heterocycles. The first-order valence-electron chi connectivity index (χ1n) is 18.5. The highest BCUT2D eigenvalue weighted by molar-refractivity contribution is 6.09. The summed E-state index contributed by atoms with van der Waals surface area (Å²) in [6.07, 6.45) is 5.60. The van der Waals surface area contributed by atoms with Crippen LogP contribution in [0.4, 0.5) is 0 Å². The van der Waals surface area contributed by atoms with Crippen LogP contribution in [0.5, 0.6) is 0 Å². The fourth-order valence-corrected chi connectivity index (χ4v) is 8.68. The average molecular weight is 666 g/mol. The van der Waals surface area contributed by atoms with Crippen molar-refractivity contribution in [3.63, 3.8) is 0 Å². The molecule has 0 saturated carbocycles. The molecule has 1 heteroatoms. The lowest BCUT2D eigenvalue weighted by molar-refractivity contribution is 0.982. The zero-order valence-corrected chi connectivity index (χ0v) is 29.7. The Hall–Kier alpha value is -6.18. The molecule has 0 atom stereocenters. The van der Waals surface area contributed by atoms with Gasteiger partial charge in [-0.15, -0.1) is 0 Å². The van der Waals surface area contributed by atoms with E-state index >= 15 is 0 Å². The quantitative estimate of drug-likeness (QED) is 0.172. The summed E-state index contributed by atoms with van der Waals surface area (Å²) in [7, 11) is 0. The summed E-state index contributed by atoms with van der Waals surface area (Å²) in [5.41, 5.74) is 22.5. The number of fused-ring (bicyclic) bond motifs is 6. The lowest BCUT2D eigenvalue weighted by Crippen LogP contribution is -2.00. The number of hydrogen-bond donors (Lipinski definition) is 0. The molecule has 1 aromatic heterocycles. The van der Waals surface area contributed by atoms with Gasteiger partial charge in [-0.3, -0.25) is 0 Å². The maximum absolute atomic E-state index is 2.47. The Balaban J connectivity index is 1.000. The van der Waals surface area contributed by atoms with Crippen molar-refractivity contribution >= 4 is 33.0 Å². The summed E-state index contributed by atoms with van der Waals surface area (Å²) in [6, 6.07) is 58.5. The number of hydrogen-bond acceptors (Lipinski definition) is 0. The Labute approximate surface area is 305 Å². The van der Waals surface area contributed by atoms with E-state index in [-0.39, 0.29) is 0 Å². The molecule has 1 nitrogen and oxygen atoms in total. The van der Waals surface area contributed by atoms with E-state index in [0.717, 1.165) is 19.3 Å². The monoisotopic (exact) mass is 665 g/mol. The summed E-state index contributed by atoms with van der Waals surface area (Å²) in [6.45, 7) is 4.57. The van der Waals surface area contributed by atoms with Gasteiger partial charge in [-0.05, 0) is 148 Å². The lowest BCUT2D eigenvalue weighted by atomic mass is 9.83. The summed E-state index contributed by atoms with van der Waals surface area (Å²) in [5, 5.41) is 2.57. The first-order chi connectivity index (χ1) is 25.6. The van der Waals surface area contributed by atoms with Crippen LogP contribution in [0, 0.1) is 6.92 Å². The van der Waals surface area contributed by atoms with E-state index in [0.29, 0.717) is 0 Å². The van der Waals surface area contributed by atoms with Gasteiger partial charge in [-0.25, -0.2) is 0 Å². The number of benzene rings is 7. The van der Waals surface area contributed by atoms with Crippen molar-refractivity contribution in [3.8, 4) is 39.1 Å². The number of nitrogens with zero attached hydrogens (tertiary/aromatic N) is 1.